The molecule has 2 aromatic carbocycles. The largest absolute Gasteiger partial charge is 0.493 e. The minimum absolute atomic E-state index is 0.318. The van der Waals surface area contributed by atoms with E-state index in [1.807, 2.05) is 12.1 Å². The molecule has 0 amide bonds. The van der Waals surface area contributed by atoms with Crippen LogP contribution in [0.4, 0.5) is 4.39 Å². The number of aliphatic hydroxyl groups excluding tert-OH is 1. The van der Waals surface area contributed by atoms with Gasteiger partial charge in [0, 0.05) is 12.0 Å². The van der Waals surface area contributed by atoms with Crippen molar-refractivity contribution in [3.05, 3.63) is 64.5 Å². The SMILES string of the molecule is Cc1cccc(C(O)c2ccc3c(c2)CCO3)c1F. The van der Waals surface area contributed by atoms with Gasteiger partial charge >= 0.3 is 0 Å². The molecule has 19 heavy (non-hydrogen) atoms. The summed E-state index contributed by atoms with van der Waals surface area (Å²) in [6.45, 7) is 2.37. The molecule has 0 aromatic heterocycles. The Bertz CT molecular complexity index is 622. The lowest BCUT2D eigenvalue weighted by Crippen LogP contribution is -2.04. The number of hydrogen-bond donors (Lipinski definition) is 1. The van der Waals surface area contributed by atoms with Crippen molar-refractivity contribution in [2.24, 2.45) is 0 Å². The predicted molar refractivity (Wildman–Crippen MR) is 70.8 cm³/mol. The van der Waals surface area contributed by atoms with Crippen LogP contribution >= 0.6 is 0 Å². The van der Waals surface area contributed by atoms with Crippen LogP contribution in [0, 0.1) is 12.7 Å². The average molecular weight is 258 g/mol. The Morgan fingerprint density at radius 1 is 1.26 bits per heavy atom. The lowest BCUT2D eigenvalue weighted by molar-refractivity contribution is 0.214. The van der Waals surface area contributed by atoms with Gasteiger partial charge in [-0.05, 0) is 35.7 Å². The molecule has 0 aliphatic carbocycles. The van der Waals surface area contributed by atoms with E-state index >= 15 is 0 Å². The molecule has 1 unspecified atom stereocenters. The highest BCUT2D eigenvalue weighted by Crippen LogP contribution is 2.31. The van der Waals surface area contributed by atoms with Gasteiger partial charge in [-0.3, -0.25) is 0 Å². The summed E-state index contributed by atoms with van der Waals surface area (Å²) in [7, 11) is 0. The molecule has 0 spiro atoms. The van der Waals surface area contributed by atoms with E-state index < -0.39 is 6.10 Å². The van der Waals surface area contributed by atoms with Gasteiger partial charge in [-0.1, -0.05) is 24.3 Å². The van der Waals surface area contributed by atoms with E-state index in [-0.39, 0.29) is 5.82 Å². The highest BCUT2D eigenvalue weighted by Gasteiger charge is 2.19. The fraction of sp³-hybridized carbons (Fsp3) is 0.250. The molecule has 3 rings (SSSR count). The van der Waals surface area contributed by atoms with Crippen LogP contribution in [0.1, 0.15) is 28.4 Å². The van der Waals surface area contributed by atoms with Crippen molar-refractivity contribution in [1.29, 1.82) is 0 Å². The summed E-state index contributed by atoms with van der Waals surface area (Å²) < 4.78 is 19.5. The molecular weight excluding hydrogens is 243 g/mol. The van der Waals surface area contributed by atoms with Crippen molar-refractivity contribution in [1.82, 2.24) is 0 Å². The topological polar surface area (TPSA) is 29.5 Å². The van der Waals surface area contributed by atoms with Gasteiger partial charge in [0.1, 0.15) is 17.7 Å². The van der Waals surface area contributed by atoms with Crippen molar-refractivity contribution in [2.45, 2.75) is 19.4 Å². The minimum Gasteiger partial charge on any atom is -0.493 e. The first-order chi connectivity index (χ1) is 9.16. The van der Waals surface area contributed by atoms with Crippen LogP contribution < -0.4 is 4.74 Å². The van der Waals surface area contributed by atoms with Gasteiger partial charge in [0.25, 0.3) is 0 Å². The smallest absolute Gasteiger partial charge is 0.132 e. The predicted octanol–water partition coefficient (Wildman–Crippen LogP) is 3.15. The van der Waals surface area contributed by atoms with Crippen LogP contribution in [0.5, 0.6) is 5.75 Å². The van der Waals surface area contributed by atoms with Gasteiger partial charge < -0.3 is 9.84 Å². The third-order valence-corrected chi connectivity index (χ3v) is 3.55. The molecule has 2 aromatic rings. The molecule has 2 nitrogen and oxygen atoms in total. The molecule has 1 N–H and O–H groups in total. The Balaban J connectivity index is 2.00. The van der Waals surface area contributed by atoms with E-state index in [1.165, 1.54) is 0 Å². The maximum atomic E-state index is 14.0. The molecule has 1 atom stereocenters. The number of aliphatic hydroxyl groups is 1. The van der Waals surface area contributed by atoms with E-state index in [0.29, 0.717) is 23.3 Å². The van der Waals surface area contributed by atoms with E-state index in [1.54, 1.807) is 31.2 Å². The van der Waals surface area contributed by atoms with E-state index in [4.69, 9.17) is 4.74 Å². The fourth-order valence-electron chi connectivity index (χ4n) is 2.44. The molecule has 0 saturated carbocycles. The summed E-state index contributed by atoms with van der Waals surface area (Å²) in [4.78, 5) is 0. The lowest BCUT2D eigenvalue weighted by Gasteiger charge is -2.14. The van der Waals surface area contributed by atoms with Crippen molar-refractivity contribution < 1.29 is 14.2 Å². The lowest BCUT2D eigenvalue weighted by atomic mass is 9.97. The van der Waals surface area contributed by atoms with Gasteiger partial charge in [0.15, 0.2) is 0 Å². The zero-order valence-electron chi connectivity index (χ0n) is 10.7. The Kier molecular flexibility index (Phi) is 2.99. The standard InChI is InChI=1S/C16H15FO2/c1-10-3-2-4-13(15(10)17)16(18)12-5-6-14-11(9-12)7-8-19-14/h2-6,9,16,18H,7-8H2,1H3. The van der Waals surface area contributed by atoms with Gasteiger partial charge in [-0.2, -0.15) is 0 Å². The summed E-state index contributed by atoms with van der Waals surface area (Å²) in [6.07, 6.45) is -0.0996. The molecule has 0 saturated heterocycles. The molecule has 0 fully saturated rings. The Labute approximate surface area is 111 Å². The third-order valence-electron chi connectivity index (χ3n) is 3.55. The quantitative estimate of drug-likeness (QED) is 0.896. The zero-order chi connectivity index (χ0) is 13.4. The molecule has 1 aliphatic heterocycles. The van der Waals surface area contributed by atoms with Crippen LogP contribution in [0.15, 0.2) is 36.4 Å². The highest BCUT2D eigenvalue weighted by molar-refractivity contribution is 5.43. The van der Waals surface area contributed by atoms with Gasteiger partial charge in [-0.15, -0.1) is 0 Å². The fourth-order valence-corrected chi connectivity index (χ4v) is 2.44. The first-order valence-electron chi connectivity index (χ1n) is 6.35. The summed E-state index contributed by atoms with van der Waals surface area (Å²) in [6, 6.07) is 10.6. The highest BCUT2D eigenvalue weighted by atomic mass is 19.1. The van der Waals surface area contributed by atoms with Crippen LogP contribution in [-0.2, 0) is 6.42 Å². The van der Waals surface area contributed by atoms with Crippen molar-refractivity contribution in [2.75, 3.05) is 6.61 Å². The molecule has 0 bridgehead atoms. The Hall–Kier alpha value is -1.87. The Morgan fingerprint density at radius 3 is 2.95 bits per heavy atom. The first kappa shape index (κ1) is 12.2. The van der Waals surface area contributed by atoms with Crippen molar-refractivity contribution in [3.8, 4) is 5.75 Å². The molecule has 1 heterocycles. The molecular formula is C16H15FO2. The summed E-state index contributed by atoms with van der Waals surface area (Å²) in [5, 5.41) is 10.3. The monoisotopic (exact) mass is 258 g/mol. The van der Waals surface area contributed by atoms with E-state index in [9.17, 15) is 9.50 Å². The zero-order valence-corrected chi connectivity index (χ0v) is 10.7. The average Bonchev–Trinajstić information content (AvgIpc) is 2.88. The van der Waals surface area contributed by atoms with Crippen molar-refractivity contribution >= 4 is 0 Å². The van der Waals surface area contributed by atoms with Gasteiger partial charge in [-0.25, -0.2) is 4.39 Å². The second-order valence-electron chi connectivity index (χ2n) is 4.85. The maximum Gasteiger partial charge on any atom is 0.132 e. The summed E-state index contributed by atoms with van der Waals surface area (Å²) in [5.41, 5.74) is 2.64. The van der Waals surface area contributed by atoms with Crippen LogP contribution in [0.2, 0.25) is 0 Å². The summed E-state index contributed by atoms with van der Waals surface area (Å²) in [5.74, 6) is 0.521. The number of halogens is 1. The number of benzene rings is 2. The summed E-state index contributed by atoms with van der Waals surface area (Å²) >= 11 is 0. The normalized spacial score (nSPS) is 14.9. The Morgan fingerprint density at radius 2 is 2.11 bits per heavy atom. The second kappa shape index (κ2) is 4.67. The molecule has 0 radical (unpaired) electrons. The van der Waals surface area contributed by atoms with Crippen LogP contribution in [0.25, 0.3) is 0 Å². The van der Waals surface area contributed by atoms with Gasteiger partial charge in [0.2, 0.25) is 0 Å². The number of hydrogen-bond acceptors (Lipinski definition) is 2. The molecule has 3 heteroatoms. The van der Waals surface area contributed by atoms with E-state index in [2.05, 4.69) is 0 Å². The molecule has 1 aliphatic rings. The van der Waals surface area contributed by atoms with Crippen molar-refractivity contribution in [3.63, 3.8) is 0 Å². The number of ether oxygens (including phenoxy) is 1. The van der Waals surface area contributed by atoms with Crippen LogP contribution in [0.3, 0.4) is 0 Å². The minimum atomic E-state index is -0.939. The number of fused-ring (bicyclic) bond motifs is 1. The maximum absolute atomic E-state index is 14.0. The third kappa shape index (κ3) is 2.10. The number of aryl methyl sites for hydroxylation is 1. The first-order valence-corrected chi connectivity index (χ1v) is 6.35. The van der Waals surface area contributed by atoms with Gasteiger partial charge in [0.05, 0.1) is 6.61 Å². The number of rotatable bonds is 2. The molecule has 98 valence electrons. The van der Waals surface area contributed by atoms with Crippen LogP contribution in [-0.4, -0.2) is 11.7 Å². The van der Waals surface area contributed by atoms with E-state index in [0.717, 1.165) is 17.7 Å². The second-order valence-corrected chi connectivity index (χ2v) is 4.85.